The summed E-state index contributed by atoms with van der Waals surface area (Å²) in [6.07, 6.45) is 3.62. The molecule has 1 saturated heterocycles. The molecular weight excluding hydrogens is 176 g/mol. The van der Waals surface area contributed by atoms with Gasteiger partial charge in [-0.2, -0.15) is 0 Å². The van der Waals surface area contributed by atoms with Crippen LogP contribution >= 0.6 is 0 Å². The Labute approximate surface area is 88.0 Å². The molecule has 1 N–H and O–H groups in total. The Morgan fingerprint density at radius 1 is 1.50 bits per heavy atom. The molecule has 0 aliphatic carbocycles. The second-order valence-electron chi connectivity index (χ2n) is 4.32. The number of hydrogen-bond donors (Lipinski definition) is 1. The predicted octanol–water partition coefficient (Wildman–Crippen LogP) is 2.91. The molecule has 84 valence electrons. The molecule has 1 rings (SSSR count). The fraction of sp³-hybridized carbons (Fsp3) is 0.833. The number of rotatable bonds is 2. The SMILES string of the molecule is C=CC1(C)CCC(C(C)(C)O)O1.CC. The fourth-order valence-electron chi connectivity index (χ4n) is 1.51. The van der Waals surface area contributed by atoms with Crippen molar-refractivity contribution in [3.63, 3.8) is 0 Å². The van der Waals surface area contributed by atoms with E-state index < -0.39 is 5.60 Å². The molecule has 2 nitrogen and oxygen atoms in total. The van der Waals surface area contributed by atoms with Crippen molar-refractivity contribution < 1.29 is 9.84 Å². The summed E-state index contributed by atoms with van der Waals surface area (Å²) in [4.78, 5) is 0. The van der Waals surface area contributed by atoms with Gasteiger partial charge in [0, 0.05) is 0 Å². The lowest BCUT2D eigenvalue weighted by atomic mass is 9.97. The van der Waals surface area contributed by atoms with E-state index in [-0.39, 0.29) is 11.7 Å². The second-order valence-corrected chi connectivity index (χ2v) is 4.32. The zero-order chi connectivity index (χ0) is 11.4. The van der Waals surface area contributed by atoms with Crippen molar-refractivity contribution in [3.8, 4) is 0 Å². The Bertz CT molecular complexity index is 181. The van der Waals surface area contributed by atoms with E-state index in [1.54, 1.807) is 13.8 Å². The zero-order valence-corrected chi connectivity index (χ0v) is 10.1. The van der Waals surface area contributed by atoms with Crippen LogP contribution in [0.1, 0.15) is 47.5 Å². The minimum absolute atomic E-state index is 0.0551. The Balaban J connectivity index is 0.000000791. The molecule has 0 spiro atoms. The Hall–Kier alpha value is -0.340. The largest absolute Gasteiger partial charge is 0.388 e. The highest BCUT2D eigenvalue weighted by Gasteiger charge is 2.40. The van der Waals surface area contributed by atoms with Crippen LogP contribution in [0, 0.1) is 0 Å². The van der Waals surface area contributed by atoms with Crippen molar-refractivity contribution in [1.82, 2.24) is 0 Å². The maximum Gasteiger partial charge on any atom is 0.0869 e. The molecule has 1 heterocycles. The molecule has 0 radical (unpaired) electrons. The van der Waals surface area contributed by atoms with Crippen LogP contribution in [0.5, 0.6) is 0 Å². The van der Waals surface area contributed by atoms with E-state index in [1.165, 1.54) is 0 Å². The molecule has 2 heteroatoms. The van der Waals surface area contributed by atoms with Crippen LogP contribution in [0.25, 0.3) is 0 Å². The van der Waals surface area contributed by atoms with Gasteiger partial charge >= 0.3 is 0 Å². The average Bonchev–Trinajstić information content (AvgIpc) is 2.52. The molecule has 0 saturated carbocycles. The predicted molar refractivity (Wildman–Crippen MR) is 60.4 cm³/mol. The topological polar surface area (TPSA) is 29.5 Å². The summed E-state index contributed by atoms with van der Waals surface area (Å²) in [5, 5.41) is 9.69. The Kier molecular flexibility index (Phi) is 4.82. The molecule has 0 aromatic carbocycles. The monoisotopic (exact) mass is 200 g/mol. The molecule has 1 aliphatic rings. The van der Waals surface area contributed by atoms with Gasteiger partial charge in [0.05, 0.1) is 17.3 Å². The molecule has 0 bridgehead atoms. The van der Waals surface area contributed by atoms with Gasteiger partial charge in [-0.25, -0.2) is 0 Å². The van der Waals surface area contributed by atoms with Crippen molar-refractivity contribution >= 4 is 0 Å². The lowest BCUT2D eigenvalue weighted by molar-refractivity contribution is -0.0997. The standard InChI is InChI=1S/C10H18O2.C2H6/c1-5-10(4)7-6-8(12-10)9(2,3)11;1-2/h5,8,11H,1,6-7H2,2-4H3;1-2H3. The van der Waals surface area contributed by atoms with Crippen LogP contribution in [0.15, 0.2) is 12.7 Å². The highest BCUT2D eigenvalue weighted by atomic mass is 16.5. The van der Waals surface area contributed by atoms with Crippen molar-refractivity contribution in [2.75, 3.05) is 0 Å². The molecule has 0 aromatic heterocycles. The van der Waals surface area contributed by atoms with Gasteiger partial charge in [0.1, 0.15) is 0 Å². The van der Waals surface area contributed by atoms with Gasteiger partial charge in [0.2, 0.25) is 0 Å². The van der Waals surface area contributed by atoms with Crippen LogP contribution < -0.4 is 0 Å². The molecule has 1 aliphatic heterocycles. The van der Waals surface area contributed by atoms with E-state index in [2.05, 4.69) is 6.58 Å². The Morgan fingerprint density at radius 3 is 2.21 bits per heavy atom. The highest BCUT2D eigenvalue weighted by molar-refractivity contribution is 5.01. The average molecular weight is 200 g/mol. The molecule has 2 unspecified atom stereocenters. The first-order chi connectivity index (χ1) is 6.37. The van der Waals surface area contributed by atoms with Crippen LogP contribution in [-0.4, -0.2) is 22.4 Å². The lowest BCUT2D eigenvalue weighted by Crippen LogP contribution is -2.37. The van der Waals surface area contributed by atoms with E-state index >= 15 is 0 Å². The van der Waals surface area contributed by atoms with E-state index in [0.29, 0.717) is 0 Å². The normalized spacial score (nSPS) is 32.0. The van der Waals surface area contributed by atoms with E-state index in [9.17, 15) is 5.11 Å². The van der Waals surface area contributed by atoms with E-state index in [4.69, 9.17) is 4.74 Å². The van der Waals surface area contributed by atoms with Crippen LogP contribution in [0.4, 0.5) is 0 Å². The van der Waals surface area contributed by atoms with Gasteiger partial charge in [-0.15, -0.1) is 6.58 Å². The molecule has 1 fully saturated rings. The highest BCUT2D eigenvalue weighted by Crippen LogP contribution is 2.35. The molecule has 14 heavy (non-hydrogen) atoms. The summed E-state index contributed by atoms with van der Waals surface area (Å²) < 4.78 is 5.69. The van der Waals surface area contributed by atoms with Crippen molar-refractivity contribution in [2.24, 2.45) is 0 Å². The zero-order valence-electron chi connectivity index (χ0n) is 10.1. The van der Waals surface area contributed by atoms with Crippen LogP contribution in [0.2, 0.25) is 0 Å². The summed E-state index contributed by atoms with van der Waals surface area (Å²) in [5.41, 5.74) is -0.967. The van der Waals surface area contributed by atoms with E-state index in [1.807, 2.05) is 26.8 Å². The first-order valence-corrected chi connectivity index (χ1v) is 5.41. The Morgan fingerprint density at radius 2 is 2.00 bits per heavy atom. The molecular formula is C12H24O2. The fourth-order valence-corrected chi connectivity index (χ4v) is 1.51. The number of aliphatic hydroxyl groups is 1. The van der Waals surface area contributed by atoms with Gasteiger partial charge in [-0.05, 0) is 33.6 Å². The first-order valence-electron chi connectivity index (χ1n) is 5.41. The third-order valence-electron chi connectivity index (χ3n) is 2.53. The van der Waals surface area contributed by atoms with Crippen LogP contribution in [-0.2, 0) is 4.74 Å². The summed E-state index contributed by atoms with van der Waals surface area (Å²) in [5.74, 6) is 0. The van der Waals surface area contributed by atoms with Gasteiger partial charge in [0.25, 0.3) is 0 Å². The summed E-state index contributed by atoms with van der Waals surface area (Å²) in [6.45, 7) is 13.3. The third-order valence-corrected chi connectivity index (χ3v) is 2.53. The second kappa shape index (κ2) is 4.94. The van der Waals surface area contributed by atoms with Crippen molar-refractivity contribution in [2.45, 2.75) is 64.8 Å². The van der Waals surface area contributed by atoms with Crippen LogP contribution in [0.3, 0.4) is 0 Å². The quantitative estimate of drug-likeness (QED) is 0.694. The maximum absolute atomic E-state index is 9.69. The maximum atomic E-state index is 9.69. The smallest absolute Gasteiger partial charge is 0.0869 e. The molecule has 0 amide bonds. The summed E-state index contributed by atoms with van der Waals surface area (Å²) in [7, 11) is 0. The summed E-state index contributed by atoms with van der Waals surface area (Å²) in [6, 6.07) is 0. The molecule has 0 aromatic rings. The van der Waals surface area contributed by atoms with Gasteiger partial charge < -0.3 is 9.84 Å². The lowest BCUT2D eigenvalue weighted by Gasteiger charge is -2.28. The molecule has 2 atom stereocenters. The van der Waals surface area contributed by atoms with Gasteiger partial charge in [-0.1, -0.05) is 19.9 Å². The minimum atomic E-state index is -0.735. The van der Waals surface area contributed by atoms with Gasteiger partial charge in [0.15, 0.2) is 0 Å². The first kappa shape index (κ1) is 13.7. The summed E-state index contributed by atoms with van der Waals surface area (Å²) >= 11 is 0. The number of ether oxygens (including phenoxy) is 1. The third kappa shape index (κ3) is 3.43. The van der Waals surface area contributed by atoms with E-state index in [0.717, 1.165) is 12.8 Å². The minimum Gasteiger partial charge on any atom is -0.388 e. The van der Waals surface area contributed by atoms with Gasteiger partial charge in [-0.3, -0.25) is 0 Å². The van der Waals surface area contributed by atoms with Crippen molar-refractivity contribution in [3.05, 3.63) is 12.7 Å². The number of hydrogen-bond acceptors (Lipinski definition) is 2. The van der Waals surface area contributed by atoms with Crippen molar-refractivity contribution in [1.29, 1.82) is 0 Å².